The molecular weight excluding hydrogens is 126 g/mol. The van der Waals surface area contributed by atoms with E-state index in [-0.39, 0.29) is 0 Å². The van der Waals surface area contributed by atoms with Gasteiger partial charge in [-0.05, 0) is 31.9 Å². The summed E-state index contributed by atoms with van der Waals surface area (Å²) in [5.74, 6) is 0. The van der Waals surface area contributed by atoms with Crippen LogP contribution in [0.5, 0.6) is 0 Å². The number of hydrogen-bond acceptors (Lipinski definition) is 2. The van der Waals surface area contributed by atoms with E-state index in [0.29, 0.717) is 6.04 Å². The first kappa shape index (κ1) is 7.48. The van der Waals surface area contributed by atoms with Gasteiger partial charge >= 0.3 is 0 Å². The van der Waals surface area contributed by atoms with E-state index in [4.69, 9.17) is 0 Å². The topological polar surface area (TPSA) is 29.1 Å². The van der Waals surface area contributed by atoms with Crippen LogP contribution in [0.1, 0.15) is 19.3 Å². The smallest absolute Gasteiger partial charge is 0.142 e. The Balaban J connectivity index is 2.12. The Labute approximate surface area is 61.3 Å². The number of aldehydes is 1. The van der Waals surface area contributed by atoms with Crippen LogP contribution in [0.2, 0.25) is 0 Å². The Morgan fingerprint density at radius 2 is 2.50 bits per heavy atom. The minimum absolute atomic E-state index is 0.621. The van der Waals surface area contributed by atoms with E-state index in [1.807, 2.05) is 6.08 Å². The summed E-state index contributed by atoms with van der Waals surface area (Å²) in [6.45, 7) is 1.14. The minimum atomic E-state index is 0.621. The predicted molar refractivity (Wildman–Crippen MR) is 40.8 cm³/mol. The number of carbonyl (C=O) groups excluding carboxylic acids is 1. The zero-order valence-corrected chi connectivity index (χ0v) is 6.05. The highest BCUT2D eigenvalue weighted by atomic mass is 16.1. The second-order valence-electron chi connectivity index (χ2n) is 2.59. The molecule has 0 aromatic rings. The van der Waals surface area contributed by atoms with Crippen molar-refractivity contribution < 1.29 is 4.79 Å². The molecule has 0 aliphatic carbocycles. The molecule has 0 amide bonds. The molecule has 1 saturated heterocycles. The molecular formula is C8H13NO. The van der Waals surface area contributed by atoms with Crippen molar-refractivity contribution in [3.05, 3.63) is 12.2 Å². The van der Waals surface area contributed by atoms with Gasteiger partial charge in [-0.1, -0.05) is 6.08 Å². The average molecular weight is 139 g/mol. The van der Waals surface area contributed by atoms with E-state index >= 15 is 0 Å². The van der Waals surface area contributed by atoms with Crippen LogP contribution in [-0.2, 0) is 4.79 Å². The molecule has 1 rings (SSSR count). The summed E-state index contributed by atoms with van der Waals surface area (Å²) < 4.78 is 0. The van der Waals surface area contributed by atoms with E-state index in [1.54, 1.807) is 6.08 Å². The number of nitrogens with one attached hydrogen (secondary N) is 1. The summed E-state index contributed by atoms with van der Waals surface area (Å²) >= 11 is 0. The van der Waals surface area contributed by atoms with Gasteiger partial charge in [0, 0.05) is 6.04 Å². The third kappa shape index (κ3) is 2.31. The molecule has 1 aliphatic rings. The van der Waals surface area contributed by atoms with Gasteiger partial charge in [-0.2, -0.15) is 0 Å². The van der Waals surface area contributed by atoms with Crippen LogP contribution >= 0.6 is 0 Å². The lowest BCUT2D eigenvalue weighted by molar-refractivity contribution is -0.104. The predicted octanol–water partition coefficient (Wildman–Crippen LogP) is 0.884. The van der Waals surface area contributed by atoms with Gasteiger partial charge in [0.1, 0.15) is 6.29 Å². The largest absolute Gasteiger partial charge is 0.314 e. The van der Waals surface area contributed by atoms with Gasteiger partial charge in [-0.3, -0.25) is 4.79 Å². The van der Waals surface area contributed by atoms with Crippen LogP contribution in [0, 0.1) is 0 Å². The Morgan fingerprint density at radius 3 is 3.10 bits per heavy atom. The lowest BCUT2D eigenvalue weighted by Gasteiger charge is -2.03. The van der Waals surface area contributed by atoms with E-state index in [1.165, 1.54) is 12.8 Å². The summed E-state index contributed by atoms with van der Waals surface area (Å²) in [6, 6.07) is 0.621. The zero-order valence-electron chi connectivity index (χ0n) is 6.05. The summed E-state index contributed by atoms with van der Waals surface area (Å²) in [4.78, 5) is 9.87. The van der Waals surface area contributed by atoms with Crippen molar-refractivity contribution in [1.29, 1.82) is 0 Å². The molecule has 10 heavy (non-hydrogen) atoms. The zero-order chi connectivity index (χ0) is 7.23. The fraction of sp³-hybridized carbons (Fsp3) is 0.625. The lowest BCUT2D eigenvalue weighted by Crippen LogP contribution is -2.19. The highest BCUT2D eigenvalue weighted by molar-refractivity contribution is 5.64. The van der Waals surface area contributed by atoms with Gasteiger partial charge < -0.3 is 5.32 Å². The molecule has 1 unspecified atom stereocenters. The summed E-state index contributed by atoms with van der Waals surface area (Å²) in [6.07, 6.45) is 7.85. The molecule has 2 heteroatoms. The summed E-state index contributed by atoms with van der Waals surface area (Å²) in [5, 5.41) is 3.35. The maximum absolute atomic E-state index is 9.87. The Kier molecular flexibility index (Phi) is 3.16. The van der Waals surface area contributed by atoms with Gasteiger partial charge in [-0.15, -0.1) is 0 Å². The van der Waals surface area contributed by atoms with Crippen LogP contribution in [-0.4, -0.2) is 18.9 Å². The van der Waals surface area contributed by atoms with Crippen LogP contribution in [0.3, 0.4) is 0 Å². The molecule has 0 aromatic carbocycles. The van der Waals surface area contributed by atoms with Crippen molar-refractivity contribution in [2.75, 3.05) is 6.54 Å². The van der Waals surface area contributed by atoms with Crippen LogP contribution < -0.4 is 5.32 Å². The van der Waals surface area contributed by atoms with Gasteiger partial charge in [0.05, 0.1) is 0 Å². The molecule has 1 heterocycles. The quantitative estimate of drug-likeness (QED) is 0.464. The normalized spacial score (nSPS) is 25.8. The number of hydrogen-bond donors (Lipinski definition) is 1. The highest BCUT2D eigenvalue weighted by Gasteiger charge is 2.10. The molecule has 0 aromatic heterocycles. The Hall–Kier alpha value is -0.630. The number of allylic oxidation sites excluding steroid dienone is 1. The summed E-state index contributed by atoms with van der Waals surface area (Å²) in [5.41, 5.74) is 0. The molecule has 0 bridgehead atoms. The van der Waals surface area contributed by atoms with Crippen LogP contribution in [0.4, 0.5) is 0 Å². The third-order valence-electron chi connectivity index (χ3n) is 1.80. The van der Waals surface area contributed by atoms with Crippen LogP contribution in [0.25, 0.3) is 0 Å². The molecule has 0 radical (unpaired) electrons. The molecule has 1 aliphatic heterocycles. The number of carbonyl (C=O) groups is 1. The molecule has 1 fully saturated rings. The SMILES string of the molecule is O=C/C=C/CC1CCCN1. The van der Waals surface area contributed by atoms with E-state index in [9.17, 15) is 4.79 Å². The third-order valence-corrected chi connectivity index (χ3v) is 1.80. The van der Waals surface area contributed by atoms with E-state index in [2.05, 4.69) is 5.32 Å². The number of rotatable bonds is 3. The monoisotopic (exact) mass is 139 g/mol. The van der Waals surface area contributed by atoms with Crippen molar-refractivity contribution in [2.24, 2.45) is 0 Å². The Bertz CT molecular complexity index is 125. The molecule has 2 nitrogen and oxygen atoms in total. The minimum Gasteiger partial charge on any atom is -0.314 e. The van der Waals surface area contributed by atoms with Gasteiger partial charge in [0.25, 0.3) is 0 Å². The van der Waals surface area contributed by atoms with Crippen molar-refractivity contribution in [2.45, 2.75) is 25.3 Å². The van der Waals surface area contributed by atoms with Gasteiger partial charge in [0.2, 0.25) is 0 Å². The van der Waals surface area contributed by atoms with E-state index < -0.39 is 0 Å². The van der Waals surface area contributed by atoms with Crippen molar-refractivity contribution in [1.82, 2.24) is 5.32 Å². The second kappa shape index (κ2) is 4.23. The molecule has 56 valence electrons. The van der Waals surface area contributed by atoms with E-state index in [0.717, 1.165) is 19.3 Å². The Morgan fingerprint density at radius 1 is 1.60 bits per heavy atom. The lowest BCUT2D eigenvalue weighted by atomic mass is 10.1. The maximum Gasteiger partial charge on any atom is 0.142 e. The van der Waals surface area contributed by atoms with Gasteiger partial charge in [-0.25, -0.2) is 0 Å². The van der Waals surface area contributed by atoms with Crippen molar-refractivity contribution in [3.63, 3.8) is 0 Å². The van der Waals surface area contributed by atoms with Crippen molar-refractivity contribution in [3.8, 4) is 0 Å². The second-order valence-corrected chi connectivity index (χ2v) is 2.59. The first-order valence-electron chi connectivity index (χ1n) is 3.77. The standard InChI is InChI=1S/C8H13NO/c10-7-2-1-4-8-5-3-6-9-8/h1-2,7-9H,3-6H2/b2-1+. The highest BCUT2D eigenvalue weighted by Crippen LogP contribution is 2.08. The fourth-order valence-electron chi connectivity index (χ4n) is 1.26. The molecule has 0 saturated carbocycles. The maximum atomic E-state index is 9.87. The molecule has 1 atom stereocenters. The fourth-order valence-corrected chi connectivity index (χ4v) is 1.26. The van der Waals surface area contributed by atoms with Crippen molar-refractivity contribution >= 4 is 6.29 Å². The van der Waals surface area contributed by atoms with Gasteiger partial charge in [0.15, 0.2) is 0 Å². The molecule has 1 N–H and O–H groups in total. The molecule has 0 spiro atoms. The van der Waals surface area contributed by atoms with Crippen LogP contribution in [0.15, 0.2) is 12.2 Å². The first-order valence-corrected chi connectivity index (χ1v) is 3.77. The first-order chi connectivity index (χ1) is 4.93. The average Bonchev–Trinajstić information content (AvgIpc) is 2.41. The summed E-state index contributed by atoms with van der Waals surface area (Å²) in [7, 11) is 0.